The Morgan fingerprint density at radius 2 is 1.77 bits per heavy atom. The number of nitrogens with zero attached hydrogens (tertiary/aromatic N) is 2. The van der Waals surface area contributed by atoms with E-state index in [9.17, 15) is 13.2 Å². The van der Waals surface area contributed by atoms with Crippen LogP contribution in [0.2, 0.25) is 0 Å². The first kappa shape index (κ1) is 17.9. The minimum Gasteiger partial charge on any atom is -0.379 e. The van der Waals surface area contributed by atoms with Gasteiger partial charge in [-0.2, -0.15) is 13.5 Å². The van der Waals surface area contributed by atoms with Crippen molar-refractivity contribution in [2.45, 2.75) is 24.8 Å². The van der Waals surface area contributed by atoms with Crippen LogP contribution in [0.5, 0.6) is 5.75 Å². The second kappa shape index (κ2) is 7.53. The number of rotatable bonds is 7. The molecule has 0 N–H and O–H groups in total. The lowest BCUT2D eigenvalue weighted by Crippen LogP contribution is -2.09. The molecule has 2 aromatic carbocycles. The maximum absolute atomic E-state index is 12.4. The number of aromatic nitrogens is 2. The Morgan fingerprint density at radius 3 is 2.42 bits per heavy atom. The molecule has 0 saturated carbocycles. The van der Waals surface area contributed by atoms with Crippen molar-refractivity contribution in [1.29, 1.82) is 0 Å². The summed E-state index contributed by atoms with van der Waals surface area (Å²) in [7, 11) is -3.99. The zero-order valence-corrected chi connectivity index (χ0v) is 15.0. The van der Waals surface area contributed by atoms with E-state index in [1.807, 2.05) is 30.3 Å². The fourth-order valence-electron chi connectivity index (χ4n) is 2.41. The van der Waals surface area contributed by atoms with Gasteiger partial charge >= 0.3 is 10.1 Å². The maximum atomic E-state index is 12.4. The van der Waals surface area contributed by atoms with E-state index in [2.05, 4.69) is 5.10 Å². The van der Waals surface area contributed by atoms with E-state index in [0.717, 1.165) is 5.56 Å². The van der Waals surface area contributed by atoms with E-state index < -0.39 is 10.1 Å². The minimum atomic E-state index is -3.99. The zero-order valence-electron chi connectivity index (χ0n) is 14.2. The summed E-state index contributed by atoms with van der Waals surface area (Å²) in [4.78, 5) is 11.6. The van der Waals surface area contributed by atoms with Gasteiger partial charge < -0.3 is 4.18 Å². The summed E-state index contributed by atoms with van der Waals surface area (Å²) in [5, 5.41) is 4.08. The van der Waals surface area contributed by atoms with E-state index in [-0.39, 0.29) is 16.4 Å². The molecule has 0 atom stereocenters. The van der Waals surface area contributed by atoms with Crippen LogP contribution in [-0.2, 0) is 16.7 Å². The highest BCUT2D eigenvalue weighted by Crippen LogP contribution is 2.19. The summed E-state index contributed by atoms with van der Waals surface area (Å²) in [6, 6.07) is 15.6. The van der Waals surface area contributed by atoms with Crippen LogP contribution in [0.25, 0.3) is 0 Å². The van der Waals surface area contributed by atoms with Gasteiger partial charge in [-0.05, 0) is 29.8 Å². The first-order valence-corrected chi connectivity index (χ1v) is 9.53. The average Bonchev–Trinajstić information content (AvgIpc) is 3.12. The molecule has 0 aliphatic heterocycles. The highest BCUT2D eigenvalue weighted by atomic mass is 32.2. The summed E-state index contributed by atoms with van der Waals surface area (Å²) in [6.45, 7) is 2.23. The molecule has 7 heteroatoms. The third-order valence-corrected chi connectivity index (χ3v) is 4.99. The quantitative estimate of drug-likeness (QED) is 0.471. The summed E-state index contributed by atoms with van der Waals surface area (Å²) >= 11 is 0. The molecule has 0 saturated heterocycles. The van der Waals surface area contributed by atoms with Gasteiger partial charge in [0.25, 0.3) is 0 Å². The van der Waals surface area contributed by atoms with Gasteiger partial charge in [0.05, 0.1) is 12.7 Å². The van der Waals surface area contributed by atoms with E-state index in [4.69, 9.17) is 4.18 Å². The van der Waals surface area contributed by atoms with Crippen LogP contribution in [0.3, 0.4) is 0 Å². The first-order valence-electron chi connectivity index (χ1n) is 8.12. The van der Waals surface area contributed by atoms with E-state index >= 15 is 0 Å². The molecule has 0 radical (unpaired) electrons. The first-order chi connectivity index (χ1) is 12.5. The lowest BCUT2D eigenvalue weighted by Gasteiger charge is -2.06. The molecule has 26 heavy (non-hydrogen) atoms. The highest BCUT2D eigenvalue weighted by Gasteiger charge is 2.19. The van der Waals surface area contributed by atoms with Crippen molar-refractivity contribution in [2.75, 3.05) is 0 Å². The summed E-state index contributed by atoms with van der Waals surface area (Å²) in [5.74, 6) is 0.134. The maximum Gasteiger partial charge on any atom is 0.342 e. The van der Waals surface area contributed by atoms with Crippen LogP contribution < -0.4 is 4.18 Å². The fourth-order valence-corrected chi connectivity index (χ4v) is 3.29. The molecule has 0 spiro atoms. The molecule has 0 bridgehead atoms. The van der Waals surface area contributed by atoms with Crippen molar-refractivity contribution in [3.8, 4) is 5.75 Å². The lowest BCUT2D eigenvalue weighted by molar-refractivity contribution is 0.0988. The van der Waals surface area contributed by atoms with Gasteiger partial charge in [0, 0.05) is 18.2 Å². The topological polar surface area (TPSA) is 78.3 Å². The van der Waals surface area contributed by atoms with Crippen molar-refractivity contribution < 1.29 is 17.4 Å². The Bertz CT molecular complexity index is 994. The second-order valence-electron chi connectivity index (χ2n) is 5.70. The molecule has 1 aromatic heterocycles. The van der Waals surface area contributed by atoms with Crippen molar-refractivity contribution in [1.82, 2.24) is 9.78 Å². The zero-order chi connectivity index (χ0) is 18.6. The van der Waals surface area contributed by atoms with Gasteiger partial charge in [-0.25, -0.2) is 0 Å². The number of carbonyl (C=O) groups excluding carboxylic acids is 1. The van der Waals surface area contributed by atoms with Crippen molar-refractivity contribution in [2.24, 2.45) is 0 Å². The Labute approximate surface area is 152 Å². The van der Waals surface area contributed by atoms with Crippen LogP contribution in [-0.4, -0.2) is 24.0 Å². The molecular weight excluding hydrogens is 352 g/mol. The molecule has 6 nitrogen and oxygen atoms in total. The minimum absolute atomic E-state index is 0.0124. The molecule has 3 rings (SSSR count). The van der Waals surface area contributed by atoms with E-state index in [1.165, 1.54) is 29.2 Å². The molecule has 0 amide bonds. The summed E-state index contributed by atoms with van der Waals surface area (Å²) in [6.07, 6.45) is 3.07. The third kappa shape index (κ3) is 4.18. The van der Waals surface area contributed by atoms with Gasteiger partial charge in [0.2, 0.25) is 0 Å². The van der Waals surface area contributed by atoms with Crippen molar-refractivity contribution in [3.63, 3.8) is 0 Å². The Balaban J connectivity index is 1.73. The number of ketones is 1. The van der Waals surface area contributed by atoms with Gasteiger partial charge in [0.1, 0.15) is 10.6 Å². The van der Waals surface area contributed by atoms with Crippen LogP contribution >= 0.6 is 0 Å². The Kier molecular flexibility index (Phi) is 5.18. The summed E-state index contributed by atoms with van der Waals surface area (Å²) < 4.78 is 31.5. The fraction of sp³-hybridized carbons (Fsp3) is 0.158. The molecule has 0 aliphatic rings. The third-order valence-electron chi connectivity index (χ3n) is 3.79. The van der Waals surface area contributed by atoms with Gasteiger partial charge in [-0.3, -0.25) is 9.48 Å². The Morgan fingerprint density at radius 1 is 1.08 bits per heavy atom. The largest absolute Gasteiger partial charge is 0.379 e. The smallest absolute Gasteiger partial charge is 0.342 e. The monoisotopic (exact) mass is 370 g/mol. The molecule has 3 aromatic rings. The van der Waals surface area contributed by atoms with E-state index in [0.29, 0.717) is 18.5 Å². The number of Topliss-reactive ketones (excluding diaryl/α,β-unsaturated/α-hetero) is 1. The predicted octanol–water partition coefficient (Wildman–Crippen LogP) is 3.29. The number of hydrogen-bond acceptors (Lipinski definition) is 5. The van der Waals surface area contributed by atoms with E-state index in [1.54, 1.807) is 19.1 Å². The molecule has 134 valence electrons. The normalized spacial score (nSPS) is 11.3. The number of benzene rings is 2. The SMILES string of the molecule is CCC(=O)c1ccc(OS(=O)(=O)c2cnn(Cc3ccccc3)c2)cc1. The molecule has 0 unspecified atom stereocenters. The highest BCUT2D eigenvalue weighted by molar-refractivity contribution is 7.87. The molecular formula is C19H18N2O4S. The number of hydrogen-bond donors (Lipinski definition) is 0. The van der Waals surface area contributed by atoms with Crippen molar-refractivity contribution in [3.05, 3.63) is 78.1 Å². The number of carbonyl (C=O) groups is 1. The van der Waals surface area contributed by atoms with Crippen molar-refractivity contribution >= 4 is 15.9 Å². The van der Waals surface area contributed by atoms with Crippen LogP contribution in [0, 0.1) is 0 Å². The van der Waals surface area contributed by atoms with Gasteiger partial charge in [-0.1, -0.05) is 37.3 Å². The Hall–Kier alpha value is -2.93. The van der Waals surface area contributed by atoms with Gasteiger partial charge in [0.15, 0.2) is 5.78 Å². The molecule has 0 aliphatic carbocycles. The predicted molar refractivity (Wildman–Crippen MR) is 96.6 cm³/mol. The van der Waals surface area contributed by atoms with Crippen LogP contribution in [0.1, 0.15) is 29.3 Å². The average molecular weight is 370 g/mol. The molecule has 1 heterocycles. The second-order valence-corrected chi connectivity index (χ2v) is 7.24. The van der Waals surface area contributed by atoms with Crippen LogP contribution in [0.15, 0.2) is 71.9 Å². The standard InChI is InChI=1S/C19H18N2O4S/c1-2-19(22)16-8-10-17(11-9-16)25-26(23,24)18-12-20-21(14-18)13-15-6-4-3-5-7-15/h3-12,14H,2,13H2,1H3. The molecule has 0 fully saturated rings. The summed E-state index contributed by atoms with van der Waals surface area (Å²) in [5.41, 5.74) is 1.53. The van der Waals surface area contributed by atoms with Gasteiger partial charge in [-0.15, -0.1) is 0 Å². The lowest BCUT2D eigenvalue weighted by atomic mass is 10.1. The van der Waals surface area contributed by atoms with Crippen LogP contribution in [0.4, 0.5) is 0 Å².